The highest BCUT2D eigenvalue weighted by atomic mass is 16.5. The Morgan fingerprint density at radius 2 is 2.24 bits per heavy atom. The van der Waals surface area contributed by atoms with E-state index in [0.29, 0.717) is 25.0 Å². The van der Waals surface area contributed by atoms with E-state index in [2.05, 4.69) is 0 Å². The van der Waals surface area contributed by atoms with Crippen molar-refractivity contribution in [3.05, 3.63) is 35.4 Å². The third-order valence-corrected chi connectivity index (χ3v) is 2.97. The number of methoxy groups -OCH3 is 1. The van der Waals surface area contributed by atoms with E-state index in [0.717, 1.165) is 5.56 Å². The highest BCUT2D eigenvalue weighted by Gasteiger charge is 2.26. The second kappa shape index (κ2) is 5.29. The van der Waals surface area contributed by atoms with Crippen LogP contribution in [0.25, 0.3) is 0 Å². The third kappa shape index (κ3) is 2.65. The summed E-state index contributed by atoms with van der Waals surface area (Å²) in [5.41, 5.74) is 1.30. The minimum atomic E-state index is -0.371. The lowest BCUT2D eigenvalue weighted by Gasteiger charge is -2.27. The van der Waals surface area contributed by atoms with Gasteiger partial charge in [0.05, 0.1) is 24.9 Å². The summed E-state index contributed by atoms with van der Waals surface area (Å²) >= 11 is 0. The SMILES string of the molecule is COC(=O)c1ccccc1[C@H]1C[C@H](O)CCO1. The maximum absolute atomic E-state index is 11.6. The van der Waals surface area contributed by atoms with E-state index in [4.69, 9.17) is 9.47 Å². The second-order valence-electron chi connectivity index (χ2n) is 4.12. The van der Waals surface area contributed by atoms with Crippen LogP contribution >= 0.6 is 0 Å². The fraction of sp³-hybridized carbons (Fsp3) is 0.462. The minimum absolute atomic E-state index is 0.228. The Balaban J connectivity index is 2.27. The maximum Gasteiger partial charge on any atom is 0.338 e. The number of hydrogen-bond donors (Lipinski definition) is 1. The molecule has 0 aliphatic carbocycles. The molecule has 1 aliphatic heterocycles. The molecular formula is C13H16O4. The van der Waals surface area contributed by atoms with Crippen LogP contribution in [0.5, 0.6) is 0 Å². The van der Waals surface area contributed by atoms with Gasteiger partial charge in [0.25, 0.3) is 0 Å². The molecule has 0 radical (unpaired) electrons. The van der Waals surface area contributed by atoms with Crippen LogP contribution < -0.4 is 0 Å². The van der Waals surface area contributed by atoms with Crippen LogP contribution in [0.3, 0.4) is 0 Å². The quantitative estimate of drug-likeness (QED) is 0.794. The zero-order chi connectivity index (χ0) is 12.3. The smallest absolute Gasteiger partial charge is 0.338 e. The van der Waals surface area contributed by atoms with Crippen LogP contribution in [0.4, 0.5) is 0 Å². The topological polar surface area (TPSA) is 55.8 Å². The number of ether oxygens (including phenoxy) is 2. The zero-order valence-electron chi connectivity index (χ0n) is 9.76. The first-order valence-corrected chi connectivity index (χ1v) is 5.69. The molecule has 0 spiro atoms. The molecule has 0 unspecified atom stereocenters. The molecule has 92 valence electrons. The summed E-state index contributed by atoms with van der Waals surface area (Å²) in [4.78, 5) is 11.6. The van der Waals surface area contributed by atoms with Gasteiger partial charge in [-0.1, -0.05) is 18.2 Å². The number of rotatable bonds is 2. The number of esters is 1. The van der Waals surface area contributed by atoms with E-state index < -0.39 is 0 Å². The Hall–Kier alpha value is -1.39. The van der Waals surface area contributed by atoms with Crippen molar-refractivity contribution in [3.8, 4) is 0 Å². The van der Waals surface area contributed by atoms with Gasteiger partial charge >= 0.3 is 5.97 Å². The van der Waals surface area contributed by atoms with Gasteiger partial charge in [-0.05, 0) is 18.1 Å². The average Bonchev–Trinajstić information content (AvgIpc) is 2.38. The molecule has 17 heavy (non-hydrogen) atoms. The van der Waals surface area contributed by atoms with Crippen molar-refractivity contribution in [2.24, 2.45) is 0 Å². The van der Waals surface area contributed by atoms with Gasteiger partial charge in [0, 0.05) is 13.0 Å². The van der Waals surface area contributed by atoms with E-state index in [9.17, 15) is 9.90 Å². The van der Waals surface area contributed by atoms with Crippen LogP contribution in [-0.4, -0.2) is 30.9 Å². The zero-order valence-corrected chi connectivity index (χ0v) is 9.76. The van der Waals surface area contributed by atoms with E-state index in [1.165, 1.54) is 7.11 Å². The molecule has 2 rings (SSSR count). The molecule has 1 aromatic carbocycles. The van der Waals surface area contributed by atoms with E-state index in [1.54, 1.807) is 12.1 Å². The summed E-state index contributed by atoms with van der Waals surface area (Å²) in [5, 5.41) is 9.63. The standard InChI is InChI=1S/C13H16O4/c1-16-13(15)11-5-3-2-4-10(11)12-8-9(14)6-7-17-12/h2-5,9,12,14H,6-8H2,1H3/t9-,12-/m1/s1. The molecule has 0 amide bonds. The van der Waals surface area contributed by atoms with Crippen molar-refractivity contribution in [2.45, 2.75) is 25.0 Å². The van der Waals surface area contributed by atoms with Gasteiger partial charge in [-0.2, -0.15) is 0 Å². The van der Waals surface area contributed by atoms with Gasteiger partial charge in [0.1, 0.15) is 0 Å². The summed E-state index contributed by atoms with van der Waals surface area (Å²) in [6.45, 7) is 0.515. The molecule has 0 aromatic heterocycles. The monoisotopic (exact) mass is 236 g/mol. The lowest BCUT2D eigenvalue weighted by atomic mass is 9.95. The lowest BCUT2D eigenvalue weighted by Crippen LogP contribution is -2.24. The summed E-state index contributed by atoms with van der Waals surface area (Å²) in [6.07, 6.45) is 0.582. The first kappa shape index (κ1) is 12.1. The Kier molecular flexibility index (Phi) is 3.76. The molecule has 1 aromatic rings. The molecule has 1 fully saturated rings. The molecular weight excluding hydrogens is 220 g/mol. The maximum atomic E-state index is 11.6. The summed E-state index contributed by atoms with van der Waals surface area (Å²) in [5.74, 6) is -0.371. The van der Waals surface area contributed by atoms with Gasteiger partial charge in [-0.25, -0.2) is 4.79 Å². The van der Waals surface area contributed by atoms with Crippen molar-refractivity contribution < 1.29 is 19.4 Å². The molecule has 0 bridgehead atoms. The van der Waals surface area contributed by atoms with Crippen LogP contribution in [0.2, 0.25) is 0 Å². The Morgan fingerprint density at radius 3 is 2.94 bits per heavy atom. The van der Waals surface area contributed by atoms with Gasteiger partial charge in [0.15, 0.2) is 0 Å². The van der Waals surface area contributed by atoms with Crippen molar-refractivity contribution >= 4 is 5.97 Å². The number of aliphatic hydroxyl groups excluding tert-OH is 1. The van der Waals surface area contributed by atoms with Gasteiger partial charge in [0.2, 0.25) is 0 Å². The molecule has 1 N–H and O–H groups in total. The third-order valence-electron chi connectivity index (χ3n) is 2.97. The van der Waals surface area contributed by atoms with Crippen molar-refractivity contribution in [1.29, 1.82) is 0 Å². The normalized spacial score (nSPS) is 24.4. The van der Waals surface area contributed by atoms with Crippen LogP contribution in [0.15, 0.2) is 24.3 Å². The number of aliphatic hydroxyl groups is 1. The molecule has 2 atom stereocenters. The van der Waals surface area contributed by atoms with Crippen molar-refractivity contribution in [2.75, 3.05) is 13.7 Å². The molecule has 4 heteroatoms. The summed E-state index contributed by atoms with van der Waals surface area (Å²) < 4.78 is 10.3. The van der Waals surface area contributed by atoms with E-state index >= 15 is 0 Å². The first-order chi connectivity index (χ1) is 8.22. The number of benzene rings is 1. The van der Waals surface area contributed by atoms with Gasteiger partial charge in [-0.3, -0.25) is 0 Å². The van der Waals surface area contributed by atoms with Crippen LogP contribution in [0, 0.1) is 0 Å². The highest BCUT2D eigenvalue weighted by molar-refractivity contribution is 5.91. The molecule has 1 saturated heterocycles. The van der Waals surface area contributed by atoms with E-state index in [-0.39, 0.29) is 18.2 Å². The minimum Gasteiger partial charge on any atom is -0.465 e. The number of carbonyl (C=O) groups excluding carboxylic acids is 1. The predicted octanol–water partition coefficient (Wildman–Crippen LogP) is 1.69. The molecule has 0 saturated carbocycles. The fourth-order valence-electron chi connectivity index (χ4n) is 2.07. The molecule has 1 heterocycles. The fourth-order valence-corrected chi connectivity index (χ4v) is 2.07. The first-order valence-electron chi connectivity index (χ1n) is 5.69. The predicted molar refractivity (Wildman–Crippen MR) is 61.7 cm³/mol. The average molecular weight is 236 g/mol. The Morgan fingerprint density at radius 1 is 1.47 bits per heavy atom. The Bertz CT molecular complexity index is 402. The lowest BCUT2D eigenvalue weighted by molar-refractivity contribution is -0.0452. The Labute approximate surface area is 100 Å². The van der Waals surface area contributed by atoms with E-state index in [1.807, 2.05) is 12.1 Å². The number of carbonyl (C=O) groups is 1. The van der Waals surface area contributed by atoms with Crippen LogP contribution in [0.1, 0.15) is 34.9 Å². The summed E-state index contributed by atoms with van der Waals surface area (Å²) in [6, 6.07) is 7.20. The second-order valence-corrected chi connectivity index (χ2v) is 4.12. The van der Waals surface area contributed by atoms with Crippen molar-refractivity contribution in [3.63, 3.8) is 0 Å². The van der Waals surface area contributed by atoms with Gasteiger partial charge in [-0.15, -0.1) is 0 Å². The summed E-state index contributed by atoms with van der Waals surface area (Å²) in [7, 11) is 1.36. The molecule has 1 aliphatic rings. The van der Waals surface area contributed by atoms with Gasteiger partial charge < -0.3 is 14.6 Å². The molecule has 4 nitrogen and oxygen atoms in total. The van der Waals surface area contributed by atoms with Crippen molar-refractivity contribution in [1.82, 2.24) is 0 Å². The largest absolute Gasteiger partial charge is 0.465 e. The van der Waals surface area contributed by atoms with Crippen LogP contribution in [-0.2, 0) is 9.47 Å². The number of hydrogen-bond acceptors (Lipinski definition) is 4. The highest BCUT2D eigenvalue weighted by Crippen LogP contribution is 2.30.